The van der Waals surface area contributed by atoms with Crippen molar-refractivity contribution in [1.29, 1.82) is 0 Å². The van der Waals surface area contributed by atoms with Gasteiger partial charge in [-0.05, 0) is 25.7 Å². The molecule has 2 fully saturated rings. The number of hydrogen-bond donors (Lipinski definition) is 4. The molecule has 2 aliphatic carbocycles. The Morgan fingerprint density at radius 2 is 0.600 bits per heavy atom. The smallest absolute Gasteiger partial charge is 0.412 e. The van der Waals surface area contributed by atoms with Crippen molar-refractivity contribution in [1.82, 2.24) is 0 Å². The fraction of sp³-hybridized carbons (Fsp3) is 1.00. The van der Waals surface area contributed by atoms with Crippen molar-refractivity contribution in [3.8, 4) is 0 Å². The number of rotatable bonds is 0. The van der Waals surface area contributed by atoms with Gasteiger partial charge in [0.25, 0.3) is 0 Å². The third-order valence-corrected chi connectivity index (χ3v) is 3.75. The SMILES string of the molecule is NC1CCCCC1N.NC1CCCC[C@H]1N.O.O.[Pt+2].[Pt+2]. The van der Waals surface area contributed by atoms with E-state index in [1.54, 1.807) is 0 Å². The van der Waals surface area contributed by atoms with E-state index in [2.05, 4.69) is 0 Å². The minimum Gasteiger partial charge on any atom is -0.412 e. The molecular formula is C12H32N4O2Pt2+4. The molecule has 0 heterocycles. The molecule has 6 nitrogen and oxygen atoms in total. The summed E-state index contributed by atoms with van der Waals surface area (Å²) >= 11 is 0. The van der Waals surface area contributed by atoms with Crippen LogP contribution in [0.3, 0.4) is 0 Å². The van der Waals surface area contributed by atoms with E-state index in [-0.39, 0.29) is 77.3 Å². The van der Waals surface area contributed by atoms with Crippen LogP contribution in [0.1, 0.15) is 51.4 Å². The Morgan fingerprint density at radius 3 is 0.700 bits per heavy atom. The van der Waals surface area contributed by atoms with Gasteiger partial charge in [0, 0.05) is 24.2 Å². The van der Waals surface area contributed by atoms with E-state index in [1.165, 1.54) is 25.7 Å². The summed E-state index contributed by atoms with van der Waals surface area (Å²) in [6, 6.07) is 1.12. The van der Waals surface area contributed by atoms with Crippen LogP contribution < -0.4 is 22.9 Å². The van der Waals surface area contributed by atoms with Gasteiger partial charge in [0.1, 0.15) is 0 Å². The van der Waals surface area contributed by atoms with Crippen molar-refractivity contribution < 1.29 is 53.1 Å². The van der Waals surface area contributed by atoms with Crippen LogP contribution in [0, 0.1) is 0 Å². The van der Waals surface area contributed by atoms with Crippen molar-refractivity contribution in [2.45, 2.75) is 75.5 Å². The first-order chi connectivity index (χ1) is 7.61. The summed E-state index contributed by atoms with van der Waals surface area (Å²) in [6.07, 6.45) is 9.60. The molecule has 0 aliphatic heterocycles. The predicted molar refractivity (Wildman–Crippen MR) is 76.1 cm³/mol. The van der Waals surface area contributed by atoms with Gasteiger partial charge >= 0.3 is 42.1 Å². The van der Waals surface area contributed by atoms with Crippen molar-refractivity contribution in [2.75, 3.05) is 0 Å². The average molecular weight is 655 g/mol. The van der Waals surface area contributed by atoms with Gasteiger partial charge in [0.15, 0.2) is 0 Å². The first-order valence-corrected chi connectivity index (χ1v) is 6.63. The third kappa shape index (κ3) is 11.8. The second kappa shape index (κ2) is 16.5. The van der Waals surface area contributed by atoms with Crippen LogP contribution in [-0.4, -0.2) is 35.1 Å². The van der Waals surface area contributed by atoms with Gasteiger partial charge in [-0.3, -0.25) is 0 Å². The molecule has 2 rings (SSSR count). The van der Waals surface area contributed by atoms with Crippen molar-refractivity contribution >= 4 is 0 Å². The van der Waals surface area contributed by atoms with E-state index < -0.39 is 0 Å². The Bertz CT molecular complexity index is 164. The molecular weight excluding hydrogens is 622 g/mol. The van der Waals surface area contributed by atoms with E-state index in [1.807, 2.05) is 0 Å². The van der Waals surface area contributed by atoms with Crippen molar-refractivity contribution in [3.05, 3.63) is 0 Å². The summed E-state index contributed by atoms with van der Waals surface area (Å²) in [5.41, 5.74) is 22.6. The molecule has 0 aromatic carbocycles. The molecule has 0 aromatic rings. The fourth-order valence-corrected chi connectivity index (χ4v) is 2.38. The molecule has 12 N–H and O–H groups in total. The molecule has 3 unspecified atom stereocenters. The summed E-state index contributed by atoms with van der Waals surface area (Å²) in [5, 5.41) is 0. The largest absolute Gasteiger partial charge is 2.00 e. The fourth-order valence-electron chi connectivity index (χ4n) is 2.38. The molecule has 128 valence electrons. The first kappa shape index (κ1) is 29.2. The molecule has 0 bridgehead atoms. The van der Waals surface area contributed by atoms with Gasteiger partial charge in [0.05, 0.1) is 0 Å². The van der Waals surface area contributed by atoms with E-state index in [0.29, 0.717) is 0 Å². The van der Waals surface area contributed by atoms with Crippen molar-refractivity contribution in [3.63, 3.8) is 0 Å². The zero-order chi connectivity index (χ0) is 12.0. The van der Waals surface area contributed by atoms with Crippen LogP contribution in [0.15, 0.2) is 0 Å². The van der Waals surface area contributed by atoms with Crippen LogP contribution in [0.4, 0.5) is 0 Å². The van der Waals surface area contributed by atoms with Crippen LogP contribution in [-0.2, 0) is 42.1 Å². The van der Waals surface area contributed by atoms with Crippen LogP contribution in [0.25, 0.3) is 0 Å². The molecule has 4 atom stereocenters. The number of hydrogen-bond acceptors (Lipinski definition) is 4. The monoisotopic (exact) mass is 654 g/mol. The van der Waals surface area contributed by atoms with Gasteiger partial charge in [-0.15, -0.1) is 0 Å². The quantitative estimate of drug-likeness (QED) is 0.257. The van der Waals surface area contributed by atoms with Gasteiger partial charge < -0.3 is 33.9 Å². The summed E-state index contributed by atoms with van der Waals surface area (Å²) in [5.74, 6) is 0. The van der Waals surface area contributed by atoms with Crippen LogP contribution in [0.5, 0.6) is 0 Å². The minimum absolute atomic E-state index is 0. The molecule has 0 radical (unpaired) electrons. The van der Waals surface area contributed by atoms with Crippen LogP contribution >= 0.6 is 0 Å². The predicted octanol–water partition coefficient (Wildman–Crippen LogP) is -1.22. The number of nitrogens with two attached hydrogens (primary N) is 4. The Kier molecular flexibility index (Phi) is 24.1. The third-order valence-electron chi connectivity index (χ3n) is 3.75. The molecule has 0 saturated heterocycles. The Balaban J connectivity index is -0.000000107. The maximum atomic E-state index is 5.65. The second-order valence-corrected chi connectivity index (χ2v) is 5.22. The van der Waals surface area contributed by atoms with Crippen molar-refractivity contribution in [2.24, 2.45) is 22.9 Å². The topological polar surface area (TPSA) is 167 Å². The molecule has 2 saturated carbocycles. The normalized spacial score (nSPS) is 31.8. The molecule has 20 heavy (non-hydrogen) atoms. The summed E-state index contributed by atoms with van der Waals surface area (Å²) in [4.78, 5) is 0. The van der Waals surface area contributed by atoms with E-state index in [9.17, 15) is 0 Å². The molecule has 0 spiro atoms. The standard InChI is InChI=1S/2C6H14N2.2H2O.2Pt/c2*7-5-3-1-2-4-6(5)8;;;;/h2*5-6H,1-4,7-8H2;2*1H2;;/q;;;;2*+2/t5-,6?;;;;;/m1...../s1. The van der Waals surface area contributed by atoms with Gasteiger partial charge in [-0.25, -0.2) is 0 Å². The summed E-state index contributed by atoms with van der Waals surface area (Å²) < 4.78 is 0. The zero-order valence-corrected chi connectivity index (χ0v) is 16.5. The second-order valence-electron chi connectivity index (χ2n) is 5.22. The first-order valence-electron chi connectivity index (χ1n) is 6.63. The average Bonchev–Trinajstić information content (AvgIpc) is 2.28. The summed E-state index contributed by atoms with van der Waals surface area (Å²) in [6.45, 7) is 0. The maximum Gasteiger partial charge on any atom is 2.00 e. The zero-order valence-electron chi connectivity index (χ0n) is 11.9. The molecule has 0 aromatic heterocycles. The minimum atomic E-state index is 0. The van der Waals surface area contributed by atoms with E-state index in [0.717, 1.165) is 25.7 Å². The van der Waals surface area contributed by atoms with E-state index >= 15 is 0 Å². The van der Waals surface area contributed by atoms with Gasteiger partial charge in [-0.1, -0.05) is 25.7 Å². The Hall–Kier alpha value is 1.14. The molecule has 8 heteroatoms. The molecule has 0 amide bonds. The Labute approximate surface area is 151 Å². The van der Waals surface area contributed by atoms with Gasteiger partial charge in [0.2, 0.25) is 0 Å². The molecule has 2 aliphatic rings. The maximum absolute atomic E-state index is 5.65. The van der Waals surface area contributed by atoms with Crippen LogP contribution in [0.2, 0.25) is 0 Å². The summed E-state index contributed by atoms with van der Waals surface area (Å²) in [7, 11) is 0. The van der Waals surface area contributed by atoms with Gasteiger partial charge in [-0.2, -0.15) is 0 Å². The Morgan fingerprint density at radius 1 is 0.450 bits per heavy atom. The van der Waals surface area contributed by atoms with E-state index in [4.69, 9.17) is 22.9 Å².